The van der Waals surface area contributed by atoms with Crippen molar-refractivity contribution in [1.29, 1.82) is 0 Å². The Morgan fingerprint density at radius 2 is 2.38 bits per heavy atom. The summed E-state index contributed by atoms with van der Waals surface area (Å²) < 4.78 is 0. The molecule has 0 fully saturated rings. The van der Waals surface area contributed by atoms with Crippen LogP contribution in [0.1, 0.15) is 13.3 Å². The van der Waals surface area contributed by atoms with Crippen LogP contribution < -0.4 is 5.32 Å². The summed E-state index contributed by atoms with van der Waals surface area (Å²) >= 11 is 0. The van der Waals surface area contributed by atoms with E-state index in [0.29, 0.717) is 0 Å². The molecule has 0 aromatic rings. The summed E-state index contributed by atoms with van der Waals surface area (Å²) in [6, 6.07) is 0. The fourth-order valence-electron chi connectivity index (χ4n) is 0.381. The van der Waals surface area contributed by atoms with Crippen LogP contribution in [0.4, 0.5) is 0 Å². The van der Waals surface area contributed by atoms with E-state index in [1.165, 1.54) is 0 Å². The van der Waals surface area contributed by atoms with Gasteiger partial charge in [-0.3, -0.25) is 0 Å². The average molecular weight is 109 g/mol. The molecule has 0 aliphatic rings. The van der Waals surface area contributed by atoms with E-state index in [0.717, 1.165) is 19.5 Å². The molecule has 0 aromatic carbocycles. The Labute approximate surface area is 51.5 Å². The fraction of sp³-hybridized carbons (Fsp3) is 0.571. The number of rotatable bonds is 3. The van der Waals surface area contributed by atoms with Crippen LogP contribution in [0.15, 0.2) is 0 Å². The molecule has 1 nitrogen and oxygen atoms in total. The Bertz CT molecular complexity index is 86.3. The van der Waals surface area contributed by atoms with Crippen LogP contribution >= 0.6 is 0 Å². The summed E-state index contributed by atoms with van der Waals surface area (Å²) in [7, 11) is 0. The van der Waals surface area contributed by atoms with E-state index in [-0.39, 0.29) is 0 Å². The summed E-state index contributed by atoms with van der Waals surface area (Å²) in [5.74, 6) is 5.39. The van der Waals surface area contributed by atoms with Gasteiger partial charge in [0.1, 0.15) is 0 Å². The smallest absolute Gasteiger partial charge is 0.0243 e. The quantitative estimate of drug-likeness (QED) is 0.376. The number of hydrogen-bond acceptors (Lipinski definition) is 0. The maximum atomic E-state index is 4.08. The van der Waals surface area contributed by atoms with Crippen molar-refractivity contribution >= 4 is 0 Å². The van der Waals surface area contributed by atoms with Crippen molar-refractivity contribution in [3.63, 3.8) is 0 Å². The predicted octanol–water partition coefficient (Wildman–Crippen LogP) is 0.838. The Balaban J connectivity index is 2.79. The van der Waals surface area contributed by atoms with Gasteiger partial charge in [0.2, 0.25) is 0 Å². The molecule has 0 rings (SSSR count). The molecule has 0 aliphatic heterocycles. The Hall–Kier alpha value is -0.480. The SMILES string of the molecule is [CH2]C#CCC[N]CC. The Morgan fingerprint density at radius 3 is 2.88 bits per heavy atom. The van der Waals surface area contributed by atoms with Crippen LogP contribution in [0, 0.1) is 18.8 Å². The van der Waals surface area contributed by atoms with Gasteiger partial charge in [-0.1, -0.05) is 6.92 Å². The second-order valence-corrected chi connectivity index (χ2v) is 1.37. The van der Waals surface area contributed by atoms with Crippen molar-refractivity contribution in [2.45, 2.75) is 13.3 Å². The van der Waals surface area contributed by atoms with Gasteiger partial charge in [-0.2, -0.15) is 0 Å². The zero-order valence-corrected chi connectivity index (χ0v) is 5.28. The summed E-state index contributed by atoms with van der Waals surface area (Å²) in [5.41, 5.74) is 0. The first kappa shape index (κ1) is 7.52. The van der Waals surface area contributed by atoms with Crippen molar-refractivity contribution in [3.05, 3.63) is 6.92 Å². The van der Waals surface area contributed by atoms with Crippen molar-refractivity contribution in [3.8, 4) is 11.8 Å². The van der Waals surface area contributed by atoms with E-state index in [1.807, 2.05) is 6.92 Å². The van der Waals surface area contributed by atoms with Gasteiger partial charge in [-0.15, -0.1) is 11.8 Å². The minimum absolute atomic E-state index is 0.858. The zero-order valence-electron chi connectivity index (χ0n) is 5.28. The minimum atomic E-state index is 0.858. The lowest BCUT2D eigenvalue weighted by atomic mass is 10.4. The van der Waals surface area contributed by atoms with Gasteiger partial charge >= 0.3 is 0 Å². The van der Waals surface area contributed by atoms with Crippen LogP contribution in [-0.4, -0.2) is 13.1 Å². The Kier molecular flexibility index (Phi) is 6.13. The molecular weight excluding hydrogens is 98.1 g/mol. The predicted molar refractivity (Wildman–Crippen MR) is 35.3 cm³/mol. The van der Waals surface area contributed by atoms with Crippen LogP contribution in [-0.2, 0) is 0 Å². The molecule has 0 N–H and O–H groups in total. The summed E-state index contributed by atoms with van der Waals surface area (Å²) in [4.78, 5) is 0. The molecule has 0 aliphatic carbocycles. The summed E-state index contributed by atoms with van der Waals surface area (Å²) in [6.45, 7) is 7.17. The van der Waals surface area contributed by atoms with Crippen LogP contribution in [0.5, 0.6) is 0 Å². The lowest BCUT2D eigenvalue weighted by molar-refractivity contribution is 0.717. The van der Waals surface area contributed by atoms with Gasteiger partial charge in [-0.05, 0) is 0 Å². The van der Waals surface area contributed by atoms with Gasteiger partial charge in [0.25, 0.3) is 0 Å². The molecule has 0 saturated heterocycles. The molecule has 1 heteroatoms. The van der Waals surface area contributed by atoms with Gasteiger partial charge in [0.15, 0.2) is 0 Å². The molecule has 0 amide bonds. The lowest BCUT2D eigenvalue weighted by Crippen LogP contribution is -2.03. The van der Waals surface area contributed by atoms with Crippen molar-refractivity contribution in [1.82, 2.24) is 5.32 Å². The minimum Gasteiger partial charge on any atom is -0.241 e. The number of nitrogens with zero attached hydrogens (tertiary/aromatic N) is 1. The fourth-order valence-corrected chi connectivity index (χ4v) is 0.381. The van der Waals surface area contributed by atoms with E-state index < -0.39 is 0 Å². The lowest BCUT2D eigenvalue weighted by Gasteiger charge is -1.88. The van der Waals surface area contributed by atoms with Crippen molar-refractivity contribution in [2.24, 2.45) is 0 Å². The molecule has 0 saturated carbocycles. The molecule has 0 heterocycles. The standard InChI is InChI=1S/C7H11N/c1-3-5-6-7-8-4-2/h1,4,6-7H2,2H3. The summed E-state index contributed by atoms with van der Waals surface area (Å²) in [5, 5.41) is 4.08. The highest BCUT2D eigenvalue weighted by Gasteiger charge is 1.77. The average Bonchev–Trinajstić information content (AvgIpc) is 1.81. The van der Waals surface area contributed by atoms with Gasteiger partial charge in [-0.25, -0.2) is 5.32 Å². The van der Waals surface area contributed by atoms with Crippen LogP contribution in [0.2, 0.25) is 0 Å². The van der Waals surface area contributed by atoms with E-state index >= 15 is 0 Å². The molecule has 0 spiro atoms. The first-order valence-electron chi connectivity index (χ1n) is 2.80. The zero-order chi connectivity index (χ0) is 6.24. The summed E-state index contributed by atoms with van der Waals surface area (Å²) in [6.07, 6.45) is 0.858. The molecule has 2 radical (unpaired) electrons. The van der Waals surface area contributed by atoms with Crippen LogP contribution in [0.3, 0.4) is 0 Å². The third kappa shape index (κ3) is 5.52. The highest BCUT2D eigenvalue weighted by molar-refractivity contribution is 5.01. The highest BCUT2D eigenvalue weighted by Crippen LogP contribution is 1.71. The van der Waals surface area contributed by atoms with Gasteiger partial charge in [0.05, 0.1) is 0 Å². The molecule has 8 heavy (non-hydrogen) atoms. The molecular formula is C7H11N. The topological polar surface area (TPSA) is 14.1 Å². The Morgan fingerprint density at radius 1 is 1.62 bits per heavy atom. The third-order valence-corrected chi connectivity index (χ3v) is 0.744. The molecule has 0 aromatic heterocycles. The molecule has 0 atom stereocenters. The van der Waals surface area contributed by atoms with E-state index in [9.17, 15) is 0 Å². The normalized spacial score (nSPS) is 7.75. The number of hydrogen-bond donors (Lipinski definition) is 0. The van der Waals surface area contributed by atoms with Crippen molar-refractivity contribution < 1.29 is 0 Å². The molecule has 44 valence electrons. The third-order valence-electron chi connectivity index (χ3n) is 0.744. The first-order chi connectivity index (χ1) is 3.91. The van der Waals surface area contributed by atoms with E-state index in [2.05, 4.69) is 24.1 Å². The second kappa shape index (κ2) is 6.52. The monoisotopic (exact) mass is 109 g/mol. The first-order valence-corrected chi connectivity index (χ1v) is 2.80. The van der Waals surface area contributed by atoms with Crippen molar-refractivity contribution in [2.75, 3.05) is 13.1 Å². The molecule has 0 unspecified atom stereocenters. The van der Waals surface area contributed by atoms with E-state index in [1.54, 1.807) is 0 Å². The maximum Gasteiger partial charge on any atom is 0.0243 e. The van der Waals surface area contributed by atoms with Gasteiger partial charge in [0, 0.05) is 26.4 Å². The van der Waals surface area contributed by atoms with Crippen LogP contribution in [0.25, 0.3) is 0 Å². The largest absolute Gasteiger partial charge is 0.241 e. The van der Waals surface area contributed by atoms with Gasteiger partial charge < -0.3 is 0 Å². The molecule has 0 bridgehead atoms. The van der Waals surface area contributed by atoms with E-state index in [4.69, 9.17) is 0 Å². The highest BCUT2D eigenvalue weighted by atomic mass is 14.8. The maximum absolute atomic E-state index is 4.08. The second-order valence-electron chi connectivity index (χ2n) is 1.37.